The van der Waals surface area contributed by atoms with E-state index in [0.29, 0.717) is 0 Å². The van der Waals surface area contributed by atoms with Crippen molar-refractivity contribution < 1.29 is 59.4 Å². The summed E-state index contributed by atoms with van der Waals surface area (Å²) in [4.78, 5) is 66.9. The first-order chi connectivity index (χ1) is 10.4. The largest absolute Gasteiger partial charge is 2.00 e. The summed E-state index contributed by atoms with van der Waals surface area (Å²) in [6.07, 6.45) is -1.82. The fraction of sp³-hybridized carbons (Fsp3) is 0.455. The van der Waals surface area contributed by atoms with Crippen LogP contribution >= 0.6 is 0 Å². The minimum Gasteiger partial charge on any atom is -0.550 e. The van der Waals surface area contributed by atoms with Crippen LogP contribution in [0.2, 0.25) is 0 Å². The third-order valence-electron chi connectivity index (χ3n) is 3.97. The molecule has 0 heterocycles. The molecule has 1 aliphatic rings. The molecule has 1 fully saturated rings. The van der Waals surface area contributed by atoms with Crippen LogP contribution in [0.1, 0.15) is 6.42 Å². The quantitative estimate of drug-likeness (QED) is 0.272. The SMILES string of the molecule is O=C([O-])C1CC(C(=O)[O-])(C(=O)[O-])C(C(=O)[O-])(C(=O)[O-])C1C(=O)[O-].[Ca+2].[Ca+2].[Ca+2]. The van der Waals surface area contributed by atoms with Crippen LogP contribution in [-0.2, 0) is 28.8 Å². The Bertz CT molecular complexity index is 616. The normalized spacial score (nSPS) is 21.7. The summed E-state index contributed by atoms with van der Waals surface area (Å²) in [6.45, 7) is 0. The van der Waals surface area contributed by atoms with Crippen molar-refractivity contribution in [3.05, 3.63) is 0 Å². The average molecular weight is 448 g/mol. The van der Waals surface area contributed by atoms with Crippen molar-refractivity contribution in [2.45, 2.75) is 6.42 Å². The fourth-order valence-corrected chi connectivity index (χ4v) is 2.99. The maximum Gasteiger partial charge on any atom is 2.00 e. The molecule has 0 radical (unpaired) electrons. The van der Waals surface area contributed by atoms with E-state index < -0.39 is 64.9 Å². The first-order valence-corrected chi connectivity index (χ1v) is 5.66. The van der Waals surface area contributed by atoms with Gasteiger partial charge in [-0.3, -0.25) is 0 Å². The van der Waals surface area contributed by atoms with Gasteiger partial charge in [-0.1, -0.05) is 0 Å². The van der Waals surface area contributed by atoms with E-state index in [1.165, 1.54) is 0 Å². The Morgan fingerprint density at radius 1 is 0.615 bits per heavy atom. The van der Waals surface area contributed by atoms with E-state index in [-0.39, 0.29) is 113 Å². The monoisotopic (exact) mass is 448 g/mol. The van der Waals surface area contributed by atoms with Crippen molar-refractivity contribution in [3.8, 4) is 0 Å². The Balaban J connectivity index is -0.00000176. The molecule has 26 heavy (non-hydrogen) atoms. The van der Waals surface area contributed by atoms with Crippen LogP contribution in [0, 0.1) is 22.7 Å². The van der Waals surface area contributed by atoms with Crippen molar-refractivity contribution in [2.24, 2.45) is 22.7 Å². The van der Waals surface area contributed by atoms with Gasteiger partial charge in [-0.05, 0) is 6.42 Å². The maximum absolute atomic E-state index is 11.3. The first-order valence-electron chi connectivity index (χ1n) is 5.66. The van der Waals surface area contributed by atoms with Crippen molar-refractivity contribution in [3.63, 3.8) is 0 Å². The third kappa shape index (κ3) is 4.28. The molecule has 15 heteroatoms. The van der Waals surface area contributed by atoms with Crippen LogP contribution in [0.25, 0.3) is 0 Å². The molecule has 126 valence electrons. The molecule has 0 aromatic rings. The Labute approximate surface area is 233 Å². The van der Waals surface area contributed by atoms with Crippen LogP contribution < -0.4 is 30.6 Å². The number of carboxylic acid groups (broad SMARTS) is 6. The second kappa shape index (κ2) is 11.0. The molecule has 0 amide bonds. The van der Waals surface area contributed by atoms with Crippen LogP contribution in [0.15, 0.2) is 0 Å². The predicted molar refractivity (Wildman–Crippen MR) is 63.8 cm³/mol. The van der Waals surface area contributed by atoms with Gasteiger partial charge in [-0.25, -0.2) is 0 Å². The van der Waals surface area contributed by atoms with Gasteiger partial charge in [0.05, 0.1) is 34.7 Å². The van der Waals surface area contributed by atoms with Crippen LogP contribution in [-0.4, -0.2) is 149 Å². The fourth-order valence-electron chi connectivity index (χ4n) is 2.99. The summed E-state index contributed by atoms with van der Waals surface area (Å²) in [6, 6.07) is 0. The molecule has 1 aliphatic carbocycles. The van der Waals surface area contributed by atoms with Gasteiger partial charge in [-0.2, -0.15) is 0 Å². The van der Waals surface area contributed by atoms with Crippen molar-refractivity contribution >= 4 is 149 Å². The molecular weight excluding hydrogens is 444 g/mol. The van der Waals surface area contributed by atoms with Gasteiger partial charge in [0.15, 0.2) is 0 Å². The topological polar surface area (TPSA) is 241 Å². The van der Waals surface area contributed by atoms with Gasteiger partial charge >= 0.3 is 113 Å². The second-order valence-corrected chi connectivity index (χ2v) is 4.79. The summed E-state index contributed by atoms with van der Waals surface area (Å²) in [5, 5.41) is 66.9. The van der Waals surface area contributed by atoms with E-state index >= 15 is 0 Å². The van der Waals surface area contributed by atoms with Gasteiger partial charge in [-0.15, -0.1) is 0 Å². The molecule has 1 saturated carbocycles. The molecule has 0 spiro atoms. The number of carbonyl (C=O) groups is 6. The molecule has 1 rings (SSSR count). The Kier molecular flexibility index (Phi) is 13.2. The molecular formula is C11H4Ca3O12. The summed E-state index contributed by atoms with van der Waals surface area (Å²) < 4.78 is 0. The number of hydrogen-bond acceptors (Lipinski definition) is 12. The van der Waals surface area contributed by atoms with Crippen LogP contribution in [0.4, 0.5) is 0 Å². The smallest absolute Gasteiger partial charge is 0.550 e. The number of hydrogen-bond donors (Lipinski definition) is 0. The van der Waals surface area contributed by atoms with Gasteiger partial charge in [0.1, 0.15) is 0 Å². The minimum absolute atomic E-state index is 0. The Morgan fingerprint density at radius 3 is 1.15 bits per heavy atom. The molecule has 0 bridgehead atoms. The molecule has 0 aromatic heterocycles. The molecule has 0 saturated heterocycles. The van der Waals surface area contributed by atoms with E-state index in [1.807, 2.05) is 0 Å². The van der Waals surface area contributed by atoms with E-state index in [0.717, 1.165) is 0 Å². The van der Waals surface area contributed by atoms with Gasteiger partial charge in [0.25, 0.3) is 0 Å². The minimum atomic E-state index is -4.35. The first kappa shape index (κ1) is 31.3. The zero-order valence-corrected chi connectivity index (χ0v) is 19.5. The zero-order valence-electron chi connectivity index (χ0n) is 12.9. The number of aliphatic carboxylic acids is 6. The van der Waals surface area contributed by atoms with E-state index in [2.05, 4.69) is 0 Å². The standard InChI is InChI=1S/C11H10O12.3Ca/c12-4(13)2-1-10(6(16)17,7(18)19)11(8(20)21,9(22)23)3(2)5(14)15;;;/h2-3H,1H2,(H,12,13)(H,14,15)(H,16,17)(H,18,19)(H,20,21)(H,22,23);;;/q;3*+2/p-6. The van der Waals surface area contributed by atoms with Crippen molar-refractivity contribution in [2.75, 3.05) is 0 Å². The molecule has 2 unspecified atom stereocenters. The summed E-state index contributed by atoms with van der Waals surface area (Å²) in [5.41, 5.74) is -8.45. The Morgan fingerprint density at radius 2 is 0.962 bits per heavy atom. The Hall–Kier alpha value is 0.599. The van der Waals surface area contributed by atoms with Gasteiger partial charge < -0.3 is 59.4 Å². The molecule has 2 atom stereocenters. The summed E-state index contributed by atoms with van der Waals surface area (Å²) in [7, 11) is 0. The van der Waals surface area contributed by atoms with Crippen LogP contribution in [0.3, 0.4) is 0 Å². The number of rotatable bonds is 6. The van der Waals surface area contributed by atoms with Crippen molar-refractivity contribution in [1.29, 1.82) is 0 Å². The van der Waals surface area contributed by atoms with E-state index in [1.54, 1.807) is 0 Å². The average Bonchev–Trinajstić information content (AvgIpc) is 2.72. The van der Waals surface area contributed by atoms with Gasteiger partial charge in [0, 0.05) is 23.8 Å². The second-order valence-electron chi connectivity index (χ2n) is 4.79. The summed E-state index contributed by atoms with van der Waals surface area (Å²) in [5.74, 6) is -22.8. The van der Waals surface area contributed by atoms with Gasteiger partial charge in [0.2, 0.25) is 0 Å². The van der Waals surface area contributed by atoms with E-state index in [9.17, 15) is 59.4 Å². The molecule has 0 aliphatic heterocycles. The number of carboxylic acids is 6. The molecule has 0 aromatic carbocycles. The van der Waals surface area contributed by atoms with E-state index in [4.69, 9.17) is 0 Å². The third-order valence-corrected chi connectivity index (χ3v) is 3.97. The maximum atomic E-state index is 11.3. The molecule has 0 N–H and O–H groups in total. The van der Waals surface area contributed by atoms with Crippen molar-refractivity contribution in [1.82, 2.24) is 0 Å². The molecule has 12 nitrogen and oxygen atoms in total. The zero-order chi connectivity index (χ0) is 18.3. The summed E-state index contributed by atoms with van der Waals surface area (Å²) >= 11 is 0. The van der Waals surface area contributed by atoms with Crippen LogP contribution in [0.5, 0.6) is 0 Å². The number of carbonyl (C=O) groups excluding carboxylic acids is 6. The predicted octanol–water partition coefficient (Wildman–Crippen LogP) is -11.0.